The molecule has 0 aliphatic carbocycles. The van der Waals surface area contributed by atoms with E-state index in [1.807, 2.05) is 24.3 Å². The van der Waals surface area contributed by atoms with Crippen LogP contribution in [0.15, 0.2) is 108 Å². The van der Waals surface area contributed by atoms with Gasteiger partial charge in [0.25, 0.3) is 0 Å². The summed E-state index contributed by atoms with van der Waals surface area (Å²) >= 11 is 0. The van der Waals surface area contributed by atoms with Crippen molar-refractivity contribution >= 4 is 34.6 Å². The molecule has 9 N–H and O–H groups in total. The molecule has 0 saturated carbocycles. The van der Waals surface area contributed by atoms with Gasteiger partial charge < -0.3 is 46.6 Å². The minimum atomic E-state index is -1.37. The van der Waals surface area contributed by atoms with Gasteiger partial charge in [-0.1, -0.05) is 60.7 Å². The van der Waals surface area contributed by atoms with Crippen LogP contribution in [0.2, 0.25) is 0 Å². The molecule has 2 aromatic heterocycles. The van der Waals surface area contributed by atoms with E-state index in [2.05, 4.69) is 20.9 Å². The fraction of sp³-hybridized carbons (Fsp3) is 0.216. The largest absolute Gasteiger partial charge is 0.508 e. The van der Waals surface area contributed by atoms with Gasteiger partial charge in [-0.25, -0.2) is 4.79 Å². The van der Waals surface area contributed by atoms with Crippen molar-refractivity contribution in [1.82, 2.24) is 25.5 Å². The van der Waals surface area contributed by atoms with Gasteiger partial charge in [0.05, 0.1) is 0 Å². The van der Waals surface area contributed by atoms with Crippen molar-refractivity contribution in [3.63, 3.8) is 0 Å². The molecule has 51 heavy (non-hydrogen) atoms. The van der Waals surface area contributed by atoms with E-state index in [9.17, 15) is 39.3 Å². The van der Waals surface area contributed by atoms with Crippen molar-refractivity contribution in [1.29, 1.82) is 0 Å². The molecule has 3 aromatic carbocycles. The van der Waals surface area contributed by atoms with Crippen LogP contribution in [0, 0.1) is 0 Å². The minimum absolute atomic E-state index is 0.00484. The Morgan fingerprint density at radius 1 is 0.725 bits per heavy atom. The van der Waals surface area contributed by atoms with Gasteiger partial charge in [-0.2, -0.15) is 0 Å². The zero-order valence-corrected chi connectivity index (χ0v) is 27.4. The maximum Gasteiger partial charge on any atom is 0.326 e. The first-order chi connectivity index (χ1) is 24.5. The van der Waals surface area contributed by atoms with Crippen LogP contribution in [0.4, 0.5) is 0 Å². The second kappa shape index (κ2) is 16.3. The molecular formula is C37H38N6O8. The number of carboxylic acid groups (broad SMARTS) is 1. The van der Waals surface area contributed by atoms with Gasteiger partial charge >= 0.3 is 5.97 Å². The summed E-state index contributed by atoms with van der Waals surface area (Å²) in [6.45, 7) is -0.122. The van der Waals surface area contributed by atoms with E-state index >= 15 is 0 Å². The fourth-order valence-electron chi connectivity index (χ4n) is 5.62. The maximum atomic E-state index is 14.0. The zero-order chi connectivity index (χ0) is 36.5. The number of nitrogens with zero attached hydrogens (tertiary/aromatic N) is 1. The van der Waals surface area contributed by atoms with E-state index in [1.54, 1.807) is 48.7 Å². The maximum absolute atomic E-state index is 14.0. The Kier molecular flexibility index (Phi) is 11.5. The average molecular weight is 695 g/mol. The number of nitrogens with two attached hydrogens (primary N) is 1. The molecular weight excluding hydrogens is 656 g/mol. The second-order valence-corrected chi connectivity index (χ2v) is 12.1. The number of nitrogens with one attached hydrogen (secondary N) is 4. The number of phenols is 1. The van der Waals surface area contributed by atoms with Gasteiger partial charge in [-0.15, -0.1) is 0 Å². The lowest BCUT2D eigenvalue weighted by molar-refractivity contribution is -0.142. The number of rotatable bonds is 15. The number of para-hydroxylation sites is 1. The number of aromatic amines is 1. The van der Waals surface area contributed by atoms with Gasteiger partial charge in [0.2, 0.25) is 23.2 Å². The third kappa shape index (κ3) is 9.61. The normalized spacial score (nSPS) is 13.4. The lowest BCUT2D eigenvalue weighted by Gasteiger charge is -2.25. The van der Waals surface area contributed by atoms with Crippen molar-refractivity contribution in [2.24, 2.45) is 5.73 Å². The molecule has 2 heterocycles. The summed E-state index contributed by atoms with van der Waals surface area (Å²) in [6, 6.07) is 18.3. The molecule has 0 aliphatic heterocycles. The van der Waals surface area contributed by atoms with Crippen molar-refractivity contribution in [3.8, 4) is 11.5 Å². The van der Waals surface area contributed by atoms with Crippen LogP contribution >= 0.6 is 0 Å². The average Bonchev–Trinajstić information content (AvgIpc) is 3.52. The van der Waals surface area contributed by atoms with Crippen LogP contribution in [-0.2, 0) is 45.0 Å². The number of hydrogen-bond donors (Lipinski definition) is 8. The molecule has 0 spiro atoms. The highest BCUT2D eigenvalue weighted by Gasteiger charge is 2.31. The van der Waals surface area contributed by atoms with Crippen LogP contribution < -0.4 is 27.1 Å². The predicted molar refractivity (Wildman–Crippen MR) is 188 cm³/mol. The summed E-state index contributed by atoms with van der Waals surface area (Å²) in [6.07, 6.45) is 4.14. The molecule has 5 aromatic rings. The lowest BCUT2D eigenvalue weighted by Crippen LogP contribution is -2.58. The fourth-order valence-corrected chi connectivity index (χ4v) is 5.62. The second-order valence-electron chi connectivity index (χ2n) is 12.1. The highest BCUT2D eigenvalue weighted by atomic mass is 16.4. The Balaban J connectivity index is 1.39. The van der Waals surface area contributed by atoms with Crippen LogP contribution in [0.3, 0.4) is 0 Å². The Labute approximate surface area is 291 Å². The number of aliphatic carboxylic acids is 1. The number of benzene rings is 3. The van der Waals surface area contributed by atoms with Crippen molar-refractivity contribution in [2.75, 3.05) is 0 Å². The van der Waals surface area contributed by atoms with E-state index in [1.165, 1.54) is 22.9 Å². The minimum Gasteiger partial charge on any atom is -0.508 e. The number of carboxylic acids is 1. The van der Waals surface area contributed by atoms with Crippen molar-refractivity contribution in [3.05, 3.63) is 130 Å². The predicted octanol–water partition coefficient (Wildman–Crippen LogP) is 1.34. The SMILES string of the molecule is N[C@@H](Cn1ccc(=O)c(O)c1)C(=O)N[C@@H](Cc1ccccc1)C(=O)N[C@@H](Cc1c[nH]c2ccccc12)C(=O)N[C@@H](Cc1ccc(O)cc1)C(=O)O. The van der Waals surface area contributed by atoms with Crippen molar-refractivity contribution in [2.45, 2.75) is 50.0 Å². The van der Waals surface area contributed by atoms with Crippen LogP contribution in [0.5, 0.6) is 11.5 Å². The number of carbonyl (C=O) groups excluding carboxylic acids is 3. The Morgan fingerprint density at radius 2 is 1.31 bits per heavy atom. The van der Waals surface area contributed by atoms with E-state index in [0.717, 1.165) is 23.2 Å². The number of phenolic OH excluding ortho intramolecular Hbond substituents is 1. The third-order valence-corrected chi connectivity index (χ3v) is 8.34. The van der Waals surface area contributed by atoms with Crippen molar-refractivity contribution < 1.29 is 34.5 Å². The molecule has 3 amide bonds. The monoisotopic (exact) mass is 694 g/mol. The molecule has 0 fully saturated rings. The first-order valence-corrected chi connectivity index (χ1v) is 16.1. The summed E-state index contributed by atoms with van der Waals surface area (Å²) in [5.41, 5.74) is 8.31. The lowest BCUT2D eigenvalue weighted by atomic mass is 10.0. The number of fused-ring (bicyclic) bond motifs is 1. The van der Waals surface area contributed by atoms with E-state index < -0.39 is 59.0 Å². The smallest absolute Gasteiger partial charge is 0.326 e. The van der Waals surface area contributed by atoms with Crippen LogP contribution in [0.1, 0.15) is 16.7 Å². The molecule has 4 atom stereocenters. The summed E-state index contributed by atoms with van der Waals surface area (Å²) < 4.78 is 1.37. The van der Waals surface area contributed by atoms with Crippen LogP contribution in [0.25, 0.3) is 10.9 Å². The number of amides is 3. The van der Waals surface area contributed by atoms with E-state index in [0.29, 0.717) is 16.7 Å². The quantitative estimate of drug-likeness (QED) is 0.0790. The van der Waals surface area contributed by atoms with Crippen LogP contribution in [-0.4, -0.2) is 72.7 Å². The zero-order valence-electron chi connectivity index (χ0n) is 27.4. The molecule has 5 rings (SSSR count). The van der Waals surface area contributed by atoms with Gasteiger partial charge in [-0.05, 0) is 34.9 Å². The van der Waals surface area contributed by atoms with Gasteiger partial charge in [0.15, 0.2) is 5.75 Å². The Hall–Kier alpha value is -6.41. The molecule has 0 bridgehead atoms. The van der Waals surface area contributed by atoms with Gasteiger partial charge in [-0.3, -0.25) is 19.2 Å². The molecule has 0 saturated heterocycles. The third-order valence-electron chi connectivity index (χ3n) is 8.34. The molecule has 14 nitrogen and oxygen atoms in total. The first-order valence-electron chi connectivity index (χ1n) is 16.1. The number of carbonyl (C=O) groups is 4. The topological polar surface area (TPSA) is 229 Å². The summed E-state index contributed by atoms with van der Waals surface area (Å²) in [5, 5.41) is 38.2. The number of aromatic hydroxyl groups is 2. The highest BCUT2D eigenvalue weighted by molar-refractivity contribution is 5.95. The summed E-state index contributed by atoms with van der Waals surface area (Å²) in [5.74, 6) is -4.00. The Bertz CT molecular complexity index is 2060. The van der Waals surface area contributed by atoms with E-state index in [-0.39, 0.29) is 31.6 Å². The van der Waals surface area contributed by atoms with E-state index in [4.69, 9.17) is 5.73 Å². The number of aromatic nitrogens is 2. The first kappa shape index (κ1) is 35.9. The molecule has 0 aliphatic rings. The summed E-state index contributed by atoms with van der Waals surface area (Å²) in [7, 11) is 0. The molecule has 14 heteroatoms. The van der Waals surface area contributed by atoms with Gasteiger partial charge in [0.1, 0.15) is 29.9 Å². The molecule has 0 unspecified atom stereocenters. The standard InChI is InChI=1S/C37H38N6O8/c38-27(20-43-15-14-32(45)33(46)21-43)34(47)40-29(16-22-6-2-1-3-7-22)35(48)41-30(18-24-19-39-28-9-5-4-8-26(24)28)36(49)42-31(37(50)51)17-23-10-12-25(44)13-11-23/h1-15,19,21,27,29-31,39,44,46H,16-18,20,38H2,(H,40,47)(H,41,48)(H,42,49)(H,50,51)/t27-,29-,30-,31-/m0/s1. The number of H-pyrrole nitrogens is 1. The molecule has 0 radical (unpaired) electrons. The summed E-state index contributed by atoms with van der Waals surface area (Å²) in [4.78, 5) is 68.2. The number of hydrogen-bond acceptors (Lipinski definition) is 8. The Morgan fingerprint density at radius 3 is 2.00 bits per heavy atom. The van der Waals surface area contributed by atoms with Gasteiger partial charge in [0, 0.05) is 61.4 Å². The molecule has 264 valence electrons. The number of pyridine rings is 1. The highest BCUT2D eigenvalue weighted by Crippen LogP contribution is 2.20.